The van der Waals surface area contributed by atoms with Gasteiger partial charge in [-0.2, -0.15) is 0 Å². The lowest BCUT2D eigenvalue weighted by molar-refractivity contribution is -0.135. The van der Waals surface area contributed by atoms with Crippen molar-refractivity contribution in [2.45, 2.75) is 12.6 Å². The molecule has 1 aliphatic rings. The lowest BCUT2D eigenvalue weighted by Crippen LogP contribution is -2.50. The molecule has 1 amide bonds. The standard InChI is InChI=1S/C19H24ClN3OS/c1-21(2)19(24)18(15-6-4-3-5-7-15)23-12-10-22(11-13-23)14-16-8-9-17(20)25-16/h3-9,18H,10-14H2,1-2H3. The van der Waals surface area contributed by atoms with Gasteiger partial charge in [0.05, 0.1) is 4.34 Å². The van der Waals surface area contributed by atoms with Crippen molar-refractivity contribution < 1.29 is 4.79 Å². The van der Waals surface area contributed by atoms with Crippen molar-refractivity contribution in [3.05, 3.63) is 57.2 Å². The Labute approximate surface area is 158 Å². The number of thiophene rings is 1. The van der Waals surface area contributed by atoms with Gasteiger partial charge in [0.15, 0.2) is 0 Å². The van der Waals surface area contributed by atoms with Crippen molar-refractivity contribution in [2.24, 2.45) is 0 Å². The van der Waals surface area contributed by atoms with Crippen LogP contribution in [0.1, 0.15) is 16.5 Å². The highest BCUT2D eigenvalue weighted by Gasteiger charge is 2.31. The lowest BCUT2D eigenvalue weighted by Gasteiger charge is -2.39. The van der Waals surface area contributed by atoms with E-state index in [0.717, 1.165) is 42.6 Å². The lowest BCUT2D eigenvalue weighted by atomic mass is 10.0. The molecule has 0 aliphatic carbocycles. The molecule has 0 saturated carbocycles. The van der Waals surface area contributed by atoms with Crippen LogP contribution >= 0.6 is 22.9 Å². The minimum absolute atomic E-state index is 0.143. The predicted octanol–water partition coefficient (Wildman–Crippen LogP) is 3.35. The fourth-order valence-electron chi connectivity index (χ4n) is 3.23. The highest BCUT2D eigenvalue weighted by Crippen LogP contribution is 2.26. The van der Waals surface area contributed by atoms with Crippen LogP contribution in [0.25, 0.3) is 0 Å². The number of hydrogen-bond acceptors (Lipinski definition) is 4. The van der Waals surface area contributed by atoms with Crippen molar-refractivity contribution in [3.8, 4) is 0 Å². The molecule has 1 unspecified atom stereocenters. The zero-order valence-electron chi connectivity index (χ0n) is 14.7. The SMILES string of the molecule is CN(C)C(=O)C(c1ccccc1)N1CCN(Cc2ccc(Cl)s2)CC1. The Balaban J connectivity index is 1.66. The van der Waals surface area contributed by atoms with Crippen molar-refractivity contribution in [2.75, 3.05) is 40.3 Å². The molecule has 2 heterocycles. The number of amides is 1. The van der Waals surface area contributed by atoms with Gasteiger partial charge in [-0.3, -0.25) is 14.6 Å². The van der Waals surface area contributed by atoms with E-state index in [4.69, 9.17) is 11.6 Å². The van der Waals surface area contributed by atoms with E-state index in [1.807, 2.05) is 50.5 Å². The van der Waals surface area contributed by atoms with E-state index in [1.165, 1.54) is 4.88 Å². The van der Waals surface area contributed by atoms with E-state index in [9.17, 15) is 4.79 Å². The number of carbonyl (C=O) groups excluding carboxylic acids is 1. The Morgan fingerprint density at radius 2 is 1.80 bits per heavy atom. The fraction of sp³-hybridized carbons (Fsp3) is 0.421. The molecule has 2 aromatic rings. The van der Waals surface area contributed by atoms with Gasteiger partial charge in [-0.15, -0.1) is 11.3 Å². The molecule has 1 aromatic heterocycles. The molecule has 134 valence electrons. The van der Waals surface area contributed by atoms with Crippen LogP contribution in [0.3, 0.4) is 0 Å². The monoisotopic (exact) mass is 377 g/mol. The van der Waals surface area contributed by atoms with E-state index in [2.05, 4.69) is 15.9 Å². The Hall–Kier alpha value is -1.40. The predicted molar refractivity (Wildman–Crippen MR) is 104 cm³/mol. The minimum atomic E-state index is -0.200. The van der Waals surface area contributed by atoms with Gasteiger partial charge >= 0.3 is 0 Å². The molecule has 0 spiro atoms. The summed E-state index contributed by atoms with van der Waals surface area (Å²) < 4.78 is 0.842. The summed E-state index contributed by atoms with van der Waals surface area (Å²) in [6.07, 6.45) is 0. The Kier molecular flexibility index (Phi) is 6.12. The summed E-state index contributed by atoms with van der Waals surface area (Å²) in [7, 11) is 3.66. The number of nitrogens with zero attached hydrogens (tertiary/aromatic N) is 3. The van der Waals surface area contributed by atoms with Gasteiger partial charge in [0.1, 0.15) is 6.04 Å². The second-order valence-corrected chi connectivity index (χ2v) is 8.36. The highest BCUT2D eigenvalue weighted by molar-refractivity contribution is 7.16. The molecule has 3 rings (SSSR count). The molecular formula is C19H24ClN3OS. The first-order valence-electron chi connectivity index (χ1n) is 8.51. The largest absolute Gasteiger partial charge is 0.347 e. The molecule has 6 heteroatoms. The van der Waals surface area contributed by atoms with Crippen LogP contribution in [0.15, 0.2) is 42.5 Å². The molecule has 0 bridgehead atoms. The normalized spacial score (nSPS) is 17.4. The molecule has 0 radical (unpaired) electrons. The summed E-state index contributed by atoms with van der Waals surface area (Å²) >= 11 is 7.67. The maximum Gasteiger partial charge on any atom is 0.244 e. The molecule has 4 nitrogen and oxygen atoms in total. The van der Waals surface area contributed by atoms with Crippen LogP contribution in [0.4, 0.5) is 0 Å². The van der Waals surface area contributed by atoms with Crippen molar-refractivity contribution in [1.29, 1.82) is 0 Å². The maximum absolute atomic E-state index is 12.8. The molecular weight excluding hydrogens is 354 g/mol. The van der Waals surface area contributed by atoms with Gasteiger partial charge in [0.25, 0.3) is 0 Å². The third kappa shape index (κ3) is 4.61. The number of hydrogen-bond donors (Lipinski definition) is 0. The second kappa shape index (κ2) is 8.32. The third-order valence-electron chi connectivity index (χ3n) is 4.57. The van der Waals surface area contributed by atoms with Gasteiger partial charge < -0.3 is 4.90 Å². The maximum atomic E-state index is 12.8. The van der Waals surface area contributed by atoms with Crippen molar-refractivity contribution >= 4 is 28.8 Å². The van der Waals surface area contributed by atoms with Crippen LogP contribution in [-0.4, -0.2) is 60.9 Å². The van der Waals surface area contributed by atoms with Crippen LogP contribution < -0.4 is 0 Å². The van der Waals surface area contributed by atoms with E-state index in [-0.39, 0.29) is 11.9 Å². The topological polar surface area (TPSA) is 26.8 Å². The van der Waals surface area contributed by atoms with Gasteiger partial charge in [-0.05, 0) is 17.7 Å². The number of rotatable bonds is 5. The minimum Gasteiger partial charge on any atom is -0.347 e. The summed E-state index contributed by atoms with van der Waals surface area (Å²) in [5.74, 6) is 0.143. The van der Waals surface area contributed by atoms with Gasteiger partial charge in [0.2, 0.25) is 5.91 Å². The molecule has 0 N–H and O–H groups in total. The Bertz CT molecular complexity index is 696. The number of piperazine rings is 1. The first kappa shape index (κ1) is 18.4. The summed E-state index contributed by atoms with van der Waals surface area (Å²) in [4.78, 5) is 20.5. The van der Waals surface area contributed by atoms with Crippen LogP contribution in [0.5, 0.6) is 0 Å². The summed E-state index contributed by atoms with van der Waals surface area (Å²) in [6.45, 7) is 4.62. The molecule has 1 aliphatic heterocycles. The van der Waals surface area contributed by atoms with E-state index < -0.39 is 0 Å². The Morgan fingerprint density at radius 1 is 1.12 bits per heavy atom. The summed E-state index contributed by atoms with van der Waals surface area (Å²) in [5, 5.41) is 0. The molecule has 1 atom stereocenters. The van der Waals surface area contributed by atoms with E-state index in [1.54, 1.807) is 16.2 Å². The molecule has 25 heavy (non-hydrogen) atoms. The Morgan fingerprint density at radius 3 is 2.36 bits per heavy atom. The van der Waals surface area contributed by atoms with Gasteiger partial charge in [0, 0.05) is 51.7 Å². The van der Waals surface area contributed by atoms with Crippen LogP contribution in [0.2, 0.25) is 4.34 Å². The van der Waals surface area contributed by atoms with Crippen molar-refractivity contribution in [3.63, 3.8) is 0 Å². The number of carbonyl (C=O) groups is 1. The number of benzene rings is 1. The third-order valence-corrected chi connectivity index (χ3v) is 5.79. The number of halogens is 1. The van der Waals surface area contributed by atoms with Crippen LogP contribution in [-0.2, 0) is 11.3 Å². The summed E-state index contributed by atoms with van der Waals surface area (Å²) in [5.41, 5.74) is 1.07. The van der Waals surface area contributed by atoms with Gasteiger partial charge in [-0.1, -0.05) is 41.9 Å². The fourth-order valence-corrected chi connectivity index (χ4v) is 4.36. The highest BCUT2D eigenvalue weighted by atomic mass is 35.5. The molecule has 1 fully saturated rings. The first-order valence-corrected chi connectivity index (χ1v) is 9.71. The smallest absolute Gasteiger partial charge is 0.244 e. The first-order chi connectivity index (χ1) is 12.0. The number of likely N-dealkylation sites (N-methyl/N-ethyl adjacent to an activating group) is 1. The van der Waals surface area contributed by atoms with Crippen molar-refractivity contribution in [1.82, 2.24) is 14.7 Å². The van der Waals surface area contributed by atoms with E-state index in [0.29, 0.717) is 0 Å². The molecule has 1 aromatic carbocycles. The van der Waals surface area contributed by atoms with E-state index >= 15 is 0 Å². The quantitative estimate of drug-likeness (QED) is 0.799. The van der Waals surface area contributed by atoms with Crippen LogP contribution in [0, 0.1) is 0 Å². The average Bonchev–Trinajstić information content (AvgIpc) is 3.02. The zero-order chi connectivity index (χ0) is 17.8. The van der Waals surface area contributed by atoms with Gasteiger partial charge in [-0.25, -0.2) is 0 Å². The molecule has 1 saturated heterocycles. The second-order valence-electron chi connectivity index (χ2n) is 6.56. The summed E-state index contributed by atoms with van der Waals surface area (Å²) in [6, 6.07) is 13.9. The average molecular weight is 378 g/mol. The zero-order valence-corrected chi connectivity index (χ0v) is 16.3.